The molecule has 4 saturated carbocycles. The largest absolute Gasteiger partial charge is 0.460 e. The average molecular weight is 274 g/mol. The Hall–Kier alpha value is -0.320. The Kier molecular flexibility index (Phi) is 1.95. The summed E-state index contributed by atoms with van der Waals surface area (Å²) in [6.07, 6.45) is 6.01. The molecule has 5 unspecified atom stereocenters. The van der Waals surface area contributed by atoms with E-state index in [1.54, 1.807) is 0 Å². The number of alkyl halides is 2. The number of halogens is 2. The highest BCUT2D eigenvalue weighted by Crippen LogP contribution is 2.91. The van der Waals surface area contributed by atoms with Gasteiger partial charge in [0.25, 0.3) is 0 Å². The molecule has 0 aromatic heterocycles. The summed E-state index contributed by atoms with van der Waals surface area (Å²) in [5, 5.41) is -3.39. The second-order valence-corrected chi connectivity index (χ2v) is 7.52. The van der Waals surface area contributed by atoms with Gasteiger partial charge in [-0.15, -0.1) is 0 Å². The van der Waals surface area contributed by atoms with E-state index < -0.39 is 11.2 Å². The highest BCUT2D eigenvalue weighted by atomic mass is 32.2. The molecule has 0 radical (unpaired) electrons. The van der Waals surface area contributed by atoms with Crippen LogP contribution in [0.5, 0.6) is 0 Å². The smallest absolute Gasteiger partial charge is 0.388 e. The number of carbonyl (C=O) groups is 1. The van der Waals surface area contributed by atoms with Crippen LogP contribution in [0, 0.1) is 28.6 Å². The van der Waals surface area contributed by atoms with Crippen LogP contribution in [0.4, 0.5) is 8.78 Å². The Balaban J connectivity index is 1.41. The molecule has 0 amide bonds. The van der Waals surface area contributed by atoms with Crippen LogP contribution < -0.4 is 0 Å². The van der Waals surface area contributed by atoms with Gasteiger partial charge in [-0.3, -0.25) is 0 Å². The summed E-state index contributed by atoms with van der Waals surface area (Å²) in [6, 6.07) is 0. The third-order valence-corrected chi connectivity index (χ3v) is 6.78. The topological polar surface area (TPSA) is 26.3 Å². The van der Waals surface area contributed by atoms with Gasteiger partial charge in [-0.05, 0) is 55.1 Å². The molecule has 4 rings (SSSR count). The van der Waals surface area contributed by atoms with Crippen LogP contribution in [0.25, 0.3) is 0 Å². The van der Waals surface area contributed by atoms with Gasteiger partial charge in [0.1, 0.15) is 0 Å². The Bertz CT molecular complexity index is 441. The number of hydrogen-bond donors (Lipinski definition) is 0. The average Bonchev–Trinajstić information content (AvgIpc) is 2.91. The predicted molar refractivity (Wildman–Crippen MR) is 63.2 cm³/mol. The van der Waals surface area contributed by atoms with Crippen LogP contribution in [0.2, 0.25) is 0 Å². The first-order chi connectivity index (χ1) is 8.44. The summed E-state index contributed by atoms with van der Waals surface area (Å²) >= 11 is 0.245. The lowest BCUT2D eigenvalue weighted by molar-refractivity contribution is -0.162. The van der Waals surface area contributed by atoms with E-state index in [4.69, 9.17) is 4.74 Å². The van der Waals surface area contributed by atoms with Gasteiger partial charge in [-0.1, -0.05) is 11.8 Å². The van der Waals surface area contributed by atoms with E-state index in [1.807, 2.05) is 0 Å². The van der Waals surface area contributed by atoms with Gasteiger partial charge in [0.05, 0.1) is 6.61 Å². The summed E-state index contributed by atoms with van der Waals surface area (Å²) in [7, 11) is 0. The summed E-state index contributed by atoms with van der Waals surface area (Å²) in [4.78, 5) is 11.3. The molecule has 0 aromatic carbocycles. The molecular weight excluding hydrogens is 258 g/mol. The Morgan fingerprint density at radius 1 is 1.44 bits per heavy atom. The first-order valence-corrected chi connectivity index (χ1v) is 7.77. The molecule has 4 fully saturated rings. The Labute approximate surface area is 109 Å². The van der Waals surface area contributed by atoms with Crippen molar-refractivity contribution in [3.63, 3.8) is 0 Å². The molecule has 0 bridgehead atoms. The number of ether oxygens (including phenoxy) is 1. The fourth-order valence-corrected chi connectivity index (χ4v) is 5.58. The van der Waals surface area contributed by atoms with Crippen LogP contribution >= 0.6 is 11.8 Å². The quantitative estimate of drug-likeness (QED) is 0.737. The first-order valence-electron chi connectivity index (χ1n) is 6.54. The molecule has 0 aromatic rings. The second-order valence-electron chi connectivity index (χ2n) is 6.60. The van der Waals surface area contributed by atoms with E-state index in [0.29, 0.717) is 5.41 Å². The van der Waals surface area contributed by atoms with Gasteiger partial charge in [0.15, 0.2) is 0 Å². The SMILES string of the molecule is CSC(F)(F)C(=O)OCC12CC3CC4CC1(C2)C34. The third-order valence-electron chi connectivity index (χ3n) is 6.10. The van der Waals surface area contributed by atoms with E-state index in [9.17, 15) is 13.6 Å². The first kappa shape index (κ1) is 11.5. The van der Waals surface area contributed by atoms with Crippen molar-refractivity contribution >= 4 is 17.7 Å². The summed E-state index contributed by atoms with van der Waals surface area (Å²) < 4.78 is 31.2. The molecule has 0 aliphatic heterocycles. The monoisotopic (exact) mass is 274 g/mol. The molecule has 4 aliphatic carbocycles. The van der Waals surface area contributed by atoms with E-state index >= 15 is 0 Å². The molecule has 0 N–H and O–H groups in total. The molecule has 1 spiro atoms. The second kappa shape index (κ2) is 3.05. The van der Waals surface area contributed by atoms with Gasteiger partial charge < -0.3 is 4.74 Å². The zero-order valence-electron chi connectivity index (χ0n) is 10.2. The van der Waals surface area contributed by atoms with Crippen LogP contribution in [-0.4, -0.2) is 24.1 Å². The van der Waals surface area contributed by atoms with Crippen LogP contribution in [0.15, 0.2) is 0 Å². The fourth-order valence-electron chi connectivity index (χ4n) is 5.36. The number of hydrogen-bond acceptors (Lipinski definition) is 3. The van der Waals surface area contributed by atoms with E-state index in [2.05, 4.69) is 0 Å². The van der Waals surface area contributed by atoms with Crippen molar-refractivity contribution in [3.05, 3.63) is 0 Å². The highest BCUT2D eigenvalue weighted by Gasteiger charge is 2.85. The fraction of sp³-hybridized carbons (Fsp3) is 0.923. The zero-order valence-corrected chi connectivity index (χ0v) is 11.1. The predicted octanol–water partition coefficient (Wildman–Crippen LogP) is 2.92. The minimum atomic E-state index is -3.39. The van der Waals surface area contributed by atoms with E-state index in [0.717, 1.165) is 30.6 Å². The van der Waals surface area contributed by atoms with Gasteiger partial charge >= 0.3 is 11.2 Å². The molecule has 0 heterocycles. The summed E-state index contributed by atoms with van der Waals surface area (Å²) in [5.74, 6) is 1.19. The Morgan fingerprint density at radius 3 is 2.78 bits per heavy atom. The van der Waals surface area contributed by atoms with Crippen molar-refractivity contribution in [1.29, 1.82) is 0 Å². The maximum Gasteiger partial charge on any atom is 0.388 e. The van der Waals surface area contributed by atoms with Crippen molar-refractivity contribution in [2.45, 2.75) is 30.9 Å². The normalized spacial score (nSPS) is 50.7. The molecular formula is C13H16F2O2S. The molecule has 18 heavy (non-hydrogen) atoms. The van der Waals surface area contributed by atoms with Crippen LogP contribution in [0.1, 0.15) is 25.7 Å². The number of carbonyl (C=O) groups excluding carboxylic acids is 1. The van der Waals surface area contributed by atoms with E-state index in [1.165, 1.54) is 19.1 Å². The maximum atomic E-state index is 13.1. The van der Waals surface area contributed by atoms with Crippen molar-refractivity contribution in [1.82, 2.24) is 0 Å². The Morgan fingerprint density at radius 2 is 2.17 bits per heavy atom. The van der Waals surface area contributed by atoms with Gasteiger partial charge in [-0.25, -0.2) is 4.79 Å². The lowest BCUT2D eigenvalue weighted by atomic mass is 9.48. The van der Waals surface area contributed by atoms with Crippen molar-refractivity contribution in [2.24, 2.45) is 28.6 Å². The third kappa shape index (κ3) is 1.09. The van der Waals surface area contributed by atoms with Crippen LogP contribution in [0.3, 0.4) is 0 Å². The molecule has 0 saturated heterocycles. The molecule has 100 valence electrons. The van der Waals surface area contributed by atoms with Gasteiger partial charge in [-0.2, -0.15) is 8.78 Å². The number of rotatable bonds is 4. The maximum absolute atomic E-state index is 13.1. The number of esters is 1. The van der Waals surface area contributed by atoms with Crippen molar-refractivity contribution in [2.75, 3.05) is 12.9 Å². The van der Waals surface area contributed by atoms with Crippen molar-refractivity contribution < 1.29 is 18.3 Å². The molecule has 5 atom stereocenters. The minimum Gasteiger partial charge on any atom is -0.460 e. The van der Waals surface area contributed by atoms with E-state index in [-0.39, 0.29) is 23.8 Å². The standard InChI is InChI=1S/C13H16F2O2S/c1-18-13(14,15)10(16)17-6-11-3-7-2-8-4-12(11,5-11)9(7)8/h7-9H,2-6H2,1H3. The minimum absolute atomic E-state index is 0.0828. The summed E-state index contributed by atoms with van der Waals surface area (Å²) in [5.41, 5.74) is 0.481. The van der Waals surface area contributed by atoms with Gasteiger partial charge in [0.2, 0.25) is 0 Å². The number of thioether (sulfide) groups is 1. The molecule has 2 nitrogen and oxygen atoms in total. The van der Waals surface area contributed by atoms with Crippen LogP contribution in [-0.2, 0) is 9.53 Å². The highest BCUT2D eigenvalue weighted by molar-refractivity contribution is 8.00. The molecule has 4 aliphatic rings. The lowest BCUT2D eigenvalue weighted by Gasteiger charge is -2.56. The molecule has 5 heteroatoms. The summed E-state index contributed by atoms with van der Waals surface area (Å²) in [6.45, 7) is 0.224. The zero-order chi connectivity index (χ0) is 12.8. The lowest BCUT2D eigenvalue weighted by Crippen LogP contribution is -2.50. The van der Waals surface area contributed by atoms with Crippen molar-refractivity contribution in [3.8, 4) is 0 Å². The van der Waals surface area contributed by atoms with Gasteiger partial charge in [0, 0.05) is 5.41 Å².